The average molecular weight is 251 g/mol. The Kier molecular flexibility index (Phi) is 5.14. The first-order valence-corrected chi connectivity index (χ1v) is 6.80. The second-order valence-corrected chi connectivity index (χ2v) is 5.05. The fourth-order valence-corrected chi connectivity index (χ4v) is 2.62. The van der Waals surface area contributed by atoms with Crippen molar-refractivity contribution < 1.29 is 9.13 Å². The summed E-state index contributed by atoms with van der Waals surface area (Å²) in [6.07, 6.45) is 5.22. The Morgan fingerprint density at radius 2 is 2.06 bits per heavy atom. The minimum atomic E-state index is -0.165. The van der Waals surface area contributed by atoms with Crippen molar-refractivity contribution in [2.45, 2.75) is 31.7 Å². The number of nitrogens with one attached hydrogen (secondary N) is 1. The highest BCUT2D eigenvalue weighted by atomic mass is 19.1. The number of hydrogen-bond donors (Lipinski definition) is 1. The molecule has 0 heterocycles. The molecule has 0 saturated heterocycles. The van der Waals surface area contributed by atoms with Crippen molar-refractivity contribution in [2.75, 3.05) is 20.3 Å². The summed E-state index contributed by atoms with van der Waals surface area (Å²) in [6.45, 7) is 1.35. The Hall–Kier alpha value is -0.930. The van der Waals surface area contributed by atoms with Gasteiger partial charge in [0.05, 0.1) is 12.6 Å². The van der Waals surface area contributed by atoms with Crippen LogP contribution in [0.5, 0.6) is 0 Å². The van der Waals surface area contributed by atoms with Crippen molar-refractivity contribution in [3.8, 4) is 0 Å². The van der Waals surface area contributed by atoms with Crippen LogP contribution >= 0.6 is 0 Å². The van der Waals surface area contributed by atoms with Gasteiger partial charge in [-0.05, 0) is 31.9 Å². The number of rotatable bonds is 6. The number of likely N-dealkylation sites (N-methyl/N-ethyl adjacent to an activating group) is 1. The fourth-order valence-electron chi connectivity index (χ4n) is 2.62. The molecule has 1 fully saturated rings. The average Bonchev–Trinajstić information content (AvgIpc) is 2.89. The molecule has 0 aliphatic heterocycles. The molecule has 1 aromatic rings. The lowest BCUT2D eigenvalue weighted by atomic mass is 10.1. The van der Waals surface area contributed by atoms with Crippen molar-refractivity contribution in [1.82, 2.24) is 5.32 Å². The van der Waals surface area contributed by atoms with Crippen molar-refractivity contribution >= 4 is 0 Å². The molecular formula is C15H22FNO. The normalized spacial score (nSPS) is 18.1. The summed E-state index contributed by atoms with van der Waals surface area (Å²) in [5.41, 5.74) is 0.687. The van der Waals surface area contributed by atoms with Crippen LogP contribution in [0.25, 0.3) is 0 Å². The maximum absolute atomic E-state index is 13.7. The highest BCUT2D eigenvalue weighted by Gasteiger charge is 2.17. The third-order valence-corrected chi connectivity index (χ3v) is 3.74. The van der Waals surface area contributed by atoms with Crippen LogP contribution in [-0.2, 0) is 4.74 Å². The number of hydrogen-bond acceptors (Lipinski definition) is 2. The van der Waals surface area contributed by atoms with Crippen molar-refractivity contribution in [3.63, 3.8) is 0 Å². The van der Waals surface area contributed by atoms with Gasteiger partial charge in [-0.2, -0.15) is 0 Å². The highest BCUT2D eigenvalue weighted by Crippen LogP contribution is 2.25. The van der Waals surface area contributed by atoms with E-state index in [1.165, 1.54) is 31.7 Å². The van der Waals surface area contributed by atoms with Crippen molar-refractivity contribution in [2.24, 2.45) is 5.92 Å². The van der Waals surface area contributed by atoms with Crippen LogP contribution in [0.1, 0.15) is 37.3 Å². The van der Waals surface area contributed by atoms with E-state index >= 15 is 0 Å². The molecule has 100 valence electrons. The first kappa shape index (κ1) is 13.5. The van der Waals surface area contributed by atoms with Crippen LogP contribution < -0.4 is 5.32 Å². The third kappa shape index (κ3) is 3.53. The van der Waals surface area contributed by atoms with Gasteiger partial charge < -0.3 is 10.1 Å². The molecule has 1 saturated carbocycles. The highest BCUT2D eigenvalue weighted by molar-refractivity contribution is 5.21. The quantitative estimate of drug-likeness (QED) is 0.837. The van der Waals surface area contributed by atoms with Gasteiger partial charge in [0.2, 0.25) is 0 Å². The molecule has 2 rings (SSSR count). The molecule has 1 N–H and O–H groups in total. The minimum absolute atomic E-state index is 0.0624. The lowest BCUT2D eigenvalue weighted by Crippen LogP contribution is -2.24. The molecule has 0 spiro atoms. The van der Waals surface area contributed by atoms with Gasteiger partial charge in [0.25, 0.3) is 0 Å². The molecule has 0 bridgehead atoms. The topological polar surface area (TPSA) is 21.3 Å². The van der Waals surface area contributed by atoms with E-state index < -0.39 is 0 Å². The molecular weight excluding hydrogens is 229 g/mol. The summed E-state index contributed by atoms with van der Waals surface area (Å²) in [5, 5.41) is 3.12. The van der Waals surface area contributed by atoms with Gasteiger partial charge >= 0.3 is 0 Å². The van der Waals surface area contributed by atoms with Crippen molar-refractivity contribution in [3.05, 3.63) is 35.6 Å². The zero-order valence-corrected chi connectivity index (χ0v) is 11.0. The summed E-state index contributed by atoms with van der Waals surface area (Å²) < 4.78 is 19.4. The van der Waals surface area contributed by atoms with Crippen LogP contribution in [0.2, 0.25) is 0 Å². The van der Waals surface area contributed by atoms with Gasteiger partial charge in [-0.25, -0.2) is 4.39 Å². The molecule has 2 nitrogen and oxygen atoms in total. The minimum Gasteiger partial charge on any atom is -0.379 e. The summed E-state index contributed by atoms with van der Waals surface area (Å²) in [5.74, 6) is 0.546. The smallest absolute Gasteiger partial charge is 0.128 e. The van der Waals surface area contributed by atoms with Crippen LogP contribution in [0, 0.1) is 11.7 Å². The Labute approximate surface area is 109 Å². The van der Waals surface area contributed by atoms with E-state index in [1.54, 1.807) is 6.07 Å². The van der Waals surface area contributed by atoms with Crippen LogP contribution in [-0.4, -0.2) is 20.3 Å². The Balaban J connectivity index is 1.83. The van der Waals surface area contributed by atoms with Crippen LogP contribution in [0.3, 0.4) is 0 Å². The third-order valence-electron chi connectivity index (χ3n) is 3.74. The molecule has 0 amide bonds. The number of ether oxygens (including phenoxy) is 1. The van der Waals surface area contributed by atoms with Gasteiger partial charge in [0, 0.05) is 12.2 Å². The number of benzene rings is 1. The molecule has 18 heavy (non-hydrogen) atoms. The predicted octanol–water partition coefficient (Wildman–Crippen LogP) is 3.29. The summed E-state index contributed by atoms with van der Waals surface area (Å²) in [4.78, 5) is 0. The predicted molar refractivity (Wildman–Crippen MR) is 71.0 cm³/mol. The van der Waals surface area contributed by atoms with Crippen molar-refractivity contribution in [1.29, 1.82) is 0 Å². The number of halogens is 1. The van der Waals surface area contributed by atoms with Gasteiger partial charge in [-0.3, -0.25) is 0 Å². The summed E-state index contributed by atoms with van der Waals surface area (Å²) in [6, 6.07) is 6.82. The van der Waals surface area contributed by atoms with E-state index in [1.807, 2.05) is 19.2 Å². The SMILES string of the molecule is CNC(COCC1CCCC1)c1ccccc1F. The summed E-state index contributed by atoms with van der Waals surface area (Å²) >= 11 is 0. The molecule has 1 atom stereocenters. The zero-order chi connectivity index (χ0) is 12.8. The Bertz CT molecular complexity index is 363. The summed E-state index contributed by atoms with van der Waals surface area (Å²) in [7, 11) is 1.84. The monoisotopic (exact) mass is 251 g/mol. The van der Waals surface area contributed by atoms with Crippen LogP contribution in [0.4, 0.5) is 4.39 Å². The lowest BCUT2D eigenvalue weighted by molar-refractivity contribution is 0.0837. The molecule has 3 heteroatoms. The van der Waals surface area contributed by atoms with Gasteiger partial charge in [-0.1, -0.05) is 31.0 Å². The zero-order valence-electron chi connectivity index (χ0n) is 11.0. The molecule has 1 aliphatic carbocycles. The second kappa shape index (κ2) is 6.86. The Morgan fingerprint density at radius 1 is 1.33 bits per heavy atom. The molecule has 1 aromatic carbocycles. The standard InChI is InChI=1S/C15H22FNO/c1-17-15(13-8-4-5-9-14(13)16)11-18-10-12-6-2-3-7-12/h4-5,8-9,12,15,17H,2-3,6-7,10-11H2,1H3. The first-order chi connectivity index (χ1) is 8.81. The molecule has 0 radical (unpaired) electrons. The van der Waals surface area contributed by atoms with Gasteiger partial charge in [0.15, 0.2) is 0 Å². The van der Waals surface area contributed by atoms with E-state index in [2.05, 4.69) is 5.32 Å². The molecule has 1 aliphatic rings. The van der Waals surface area contributed by atoms with Crippen LogP contribution in [0.15, 0.2) is 24.3 Å². The largest absolute Gasteiger partial charge is 0.379 e. The van der Waals surface area contributed by atoms with Gasteiger partial charge in [-0.15, -0.1) is 0 Å². The van der Waals surface area contributed by atoms with E-state index in [0.717, 1.165) is 6.61 Å². The van der Waals surface area contributed by atoms with E-state index in [4.69, 9.17) is 4.74 Å². The fraction of sp³-hybridized carbons (Fsp3) is 0.600. The maximum atomic E-state index is 13.7. The molecule has 0 aromatic heterocycles. The maximum Gasteiger partial charge on any atom is 0.128 e. The van der Waals surface area contributed by atoms with E-state index in [0.29, 0.717) is 18.1 Å². The second-order valence-electron chi connectivity index (χ2n) is 5.05. The Morgan fingerprint density at radius 3 is 2.72 bits per heavy atom. The first-order valence-electron chi connectivity index (χ1n) is 6.80. The van der Waals surface area contributed by atoms with E-state index in [9.17, 15) is 4.39 Å². The van der Waals surface area contributed by atoms with E-state index in [-0.39, 0.29) is 11.9 Å². The molecule has 1 unspecified atom stereocenters. The van der Waals surface area contributed by atoms with Gasteiger partial charge in [0.1, 0.15) is 5.82 Å². The lowest BCUT2D eigenvalue weighted by Gasteiger charge is -2.18.